The largest absolute Gasteiger partial charge is 0.481 e. The van der Waals surface area contributed by atoms with E-state index in [9.17, 15) is 14.9 Å². The van der Waals surface area contributed by atoms with Crippen molar-refractivity contribution in [3.05, 3.63) is 68.2 Å². The smallest absolute Gasteiger partial charge is 0.271 e. The number of non-ortho nitro benzene ring substituents is 1. The number of nitro groups is 1. The van der Waals surface area contributed by atoms with Crippen LogP contribution < -0.4 is 4.74 Å². The Bertz CT molecular complexity index is 773. The summed E-state index contributed by atoms with van der Waals surface area (Å²) in [5.41, 5.74) is 2.55. The number of Topliss-reactive ketones (excluding diaryl/α,β-unsaturated/α-hetero) is 1. The molecular formula is C17H16ClNO4. The van der Waals surface area contributed by atoms with Crippen LogP contribution in [-0.4, -0.2) is 16.8 Å². The Kier molecular flexibility index (Phi) is 5.01. The summed E-state index contributed by atoms with van der Waals surface area (Å²) in [6, 6.07) is 9.33. The highest BCUT2D eigenvalue weighted by Gasteiger charge is 2.19. The number of hydrogen-bond acceptors (Lipinski definition) is 4. The molecule has 6 heteroatoms. The Balaban J connectivity index is 2.18. The molecule has 2 aromatic carbocycles. The molecular weight excluding hydrogens is 318 g/mol. The van der Waals surface area contributed by atoms with E-state index in [1.54, 1.807) is 13.0 Å². The van der Waals surface area contributed by atoms with Gasteiger partial charge in [0.2, 0.25) is 5.78 Å². The molecule has 0 spiro atoms. The number of carbonyl (C=O) groups excluding carboxylic acids is 1. The quantitative estimate of drug-likeness (QED) is 0.458. The molecule has 2 rings (SSSR count). The number of ketones is 1. The Morgan fingerprint density at radius 2 is 1.87 bits per heavy atom. The number of aryl methyl sites for hydroxylation is 2. The van der Waals surface area contributed by atoms with Crippen LogP contribution in [0.4, 0.5) is 5.69 Å². The number of benzene rings is 2. The second kappa shape index (κ2) is 6.79. The Morgan fingerprint density at radius 3 is 2.43 bits per heavy atom. The van der Waals surface area contributed by atoms with Crippen molar-refractivity contribution in [2.24, 2.45) is 0 Å². The fraction of sp³-hybridized carbons (Fsp3) is 0.235. The van der Waals surface area contributed by atoms with Crippen LogP contribution >= 0.6 is 11.6 Å². The van der Waals surface area contributed by atoms with E-state index in [1.165, 1.54) is 18.2 Å². The first-order chi connectivity index (χ1) is 10.8. The van der Waals surface area contributed by atoms with Crippen LogP contribution in [0.15, 0.2) is 36.4 Å². The maximum Gasteiger partial charge on any atom is 0.271 e. The summed E-state index contributed by atoms with van der Waals surface area (Å²) in [6.45, 7) is 5.53. The molecule has 0 bridgehead atoms. The highest BCUT2D eigenvalue weighted by atomic mass is 35.5. The van der Waals surface area contributed by atoms with E-state index in [4.69, 9.17) is 16.3 Å². The van der Waals surface area contributed by atoms with Crippen LogP contribution in [0.3, 0.4) is 0 Å². The molecule has 5 nitrogen and oxygen atoms in total. The van der Waals surface area contributed by atoms with E-state index in [0.717, 1.165) is 11.1 Å². The zero-order valence-electron chi connectivity index (χ0n) is 13.0. The van der Waals surface area contributed by atoms with Gasteiger partial charge in [-0.25, -0.2) is 0 Å². The zero-order valence-corrected chi connectivity index (χ0v) is 13.8. The average molecular weight is 334 g/mol. The SMILES string of the molecule is Cc1ccc(C(=O)[C@H](C)Oc2ccc([N+](=O)[O-])cc2Cl)cc1C. The molecule has 120 valence electrons. The number of hydrogen-bond donors (Lipinski definition) is 0. The molecule has 0 amide bonds. The molecule has 0 heterocycles. The molecule has 1 atom stereocenters. The van der Waals surface area contributed by atoms with Crippen molar-refractivity contribution >= 4 is 23.1 Å². The summed E-state index contributed by atoms with van der Waals surface area (Å²) in [5.74, 6) is 0.0597. The first-order valence-corrected chi connectivity index (χ1v) is 7.39. The van der Waals surface area contributed by atoms with Gasteiger partial charge in [-0.15, -0.1) is 0 Å². The number of nitrogens with zero attached hydrogens (tertiary/aromatic N) is 1. The number of ether oxygens (including phenoxy) is 1. The second-order valence-corrected chi connectivity index (χ2v) is 5.70. The summed E-state index contributed by atoms with van der Waals surface area (Å²) < 4.78 is 5.56. The van der Waals surface area contributed by atoms with Crippen LogP contribution in [0.5, 0.6) is 5.75 Å². The molecule has 0 fully saturated rings. The highest BCUT2D eigenvalue weighted by Crippen LogP contribution is 2.29. The van der Waals surface area contributed by atoms with Crippen LogP contribution in [0.25, 0.3) is 0 Å². The Morgan fingerprint density at radius 1 is 1.17 bits per heavy atom. The van der Waals surface area contributed by atoms with Gasteiger partial charge < -0.3 is 4.74 Å². The van der Waals surface area contributed by atoms with Gasteiger partial charge in [-0.3, -0.25) is 14.9 Å². The van der Waals surface area contributed by atoms with Crippen molar-refractivity contribution in [2.75, 3.05) is 0 Å². The molecule has 23 heavy (non-hydrogen) atoms. The first-order valence-electron chi connectivity index (χ1n) is 7.01. The number of rotatable bonds is 5. The van der Waals surface area contributed by atoms with Crippen molar-refractivity contribution in [1.82, 2.24) is 0 Å². The van der Waals surface area contributed by atoms with Gasteiger partial charge in [0, 0.05) is 17.7 Å². The number of nitro benzene ring substituents is 1. The normalized spacial score (nSPS) is 11.8. The fourth-order valence-electron chi connectivity index (χ4n) is 2.07. The first kappa shape index (κ1) is 17.0. The summed E-state index contributed by atoms with van der Waals surface area (Å²) in [4.78, 5) is 22.6. The molecule has 0 unspecified atom stereocenters. The third-order valence-corrected chi connectivity index (χ3v) is 3.89. The van der Waals surface area contributed by atoms with E-state index in [-0.39, 0.29) is 22.2 Å². The lowest BCUT2D eigenvalue weighted by Crippen LogP contribution is -2.24. The van der Waals surface area contributed by atoms with Crippen LogP contribution in [-0.2, 0) is 0 Å². The van der Waals surface area contributed by atoms with Gasteiger partial charge in [-0.1, -0.05) is 23.7 Å². The van der Waals surface area contributed by atoms with Gasteiger partial charge in [0.25, 0.3) is 5.69 Å². The molecule has 0 saturated heterocycles. The van der Waals surface area contributed by atoms with Gasteiger partial charge in [-0.05, 0) is 44.0 Å². The van der Waals surface area contributed by atoms with Crippen LogP contribution in [0, 0.1) is 24.0 Å². The van der Waals surface area contributed by atoms with E-state index in [0.29, 0.717) is 5.56 Å². The third kappa shape index (κ3) is 3.87. The second-order valence-electron chi connectivity index (χ2n) is 5.30. The molecule has 0 radical (unpaired) electrons. The van der Waals surface area contributed by atoms with Gasteiger partial charge >= 0.3 is 0 Å². The number of carbonyl (C=O) groups is 1. The van der Waals surface area contributed by atoms with Gasteiger partial charge in [0.15, 0.2) is 6.10 Å². The topological polar surface area (TPSA) is 69.4 Å². The molecule has 0 aliphatic rings. The van der Waals surface area contributed by atoms with Gasteiger partial charge in [0.1, 0.15) is 5.75 Å². The van der Waals surface area contributed by atoms with E-state index >= 15 is 0 Å². The predicted molar refractivity (Wildman–Crippen MR) is 88.4 cm³/mol. The molecule has 0 N–H and O–H groups in total. The van der Waals surface area contributed by atoms with Crippen LogP contribution in [0.2, 0.25) is 5.02 Å². The molecule has 0 aliphatic carbocycles. The Labute approximate surface area is 139 Å². The zero-order chi connectivity index (χ0) is 17.1. The number of halogens is 1. The lowest BCUT2D eigenvalue weighted by atomic mass is 10.0. The predicted octanol–water partition coefficient (Wildman–Crippen LogP) is 4.52. The minimum absolute atomic E-state index is 0.0962. The highest BCUT2D eigenvalue weighted by molar-refractivity contribution is 6.32. The lowest BCUT2D eigenvalue weighted by Gasteiger charge is -2.15. The maximum atomic E-state index is 12.4. The maximum absolute atomic E-state index is 12.4. The molecule has 0 saturated carbocycles. The van der Waals surface area contributed by atoms with Crippen molar-refractivity contribution < 1.29 is 14.5 Å². The average Bonchev–Trinajstić information content (AvgIpc) is 2.51. The minimum atomic E-state index is -0.754. The van der Waals surface area contributed by atoms with Crippen molar-refractivity contribution in [3.63, 3.8) is 0 Å². The fourth-order valence-corrected chi connectivity index (χ4v) is 2.29. The lowest BCUT2D eigenvalue weighted by molar-refractivity contribution is -0.384. The molecule has 0 aromatic heterocycles. The van der Waals surface area contributed by atoms with E-state index in [2.05, 4.69) is 0 Å². The molecule has 0 aliphatic heterocycles. The minimum Gasteiger partial charge on any atom is -0.481 e. The third-order valence-electron chi connectivity index (χ3n) is 3.59. The summed E-state index contributed by atoms with van der Waals surface area (Å²) in [5, 5.41) is 10.8. The monoisotopic (exact) mass is 333 g/mol. The summed E-state index contributed by atoms with van der Waals surface area (Å²) in [7, 11) is 0. The van der Waals surface area contributed by atoms with E-state index in [1.807, 2.05) is 26.0 Å². The molecule has 2 aromatic rings. The van der Waals surface area contributed by atoms with Crippen LogP contribution in [0.1, 0.15) is 28.4 Å². The van der Waals surface area contributed by atoms with Gasteiger partial charge in [0.05, 0.1) is 9.95 Å². The Hall–Kier alpha value is -2.40. The van der Waals surface area contributed by atoms with Crippen molar-refractivity contribution in [2.45, 2.75) is 26.9 Å². The van der Waals surface area contributed by atoms with Crippen molar-refractivity contribution in [3.8, 4) is 5.75 Å². The summed E-state index contributed by atoms with van der Waals surface area (Å²) in [6.07, 6.45) is -0.754. The van der Waals surface area contributed by atoms with Gasteiger partial charge in [-0.2, -0.15) is 0 Å². The van der Waals surface area contributed by atoms with Crippen molar-refractivity contribution in [1.29, 1.82) is 0 Å². The summed E-state index contributed by atoms with van der Waals surface area (Å²) >= 11 is 5.97. The standard InChI is InChI=1S/C17H16ClNO4/c1-10-4-5-13(8-11(10)2)17(20)12(3)23-16-7-6-14(19(21)22)9-15(16)18/h4-9,12H,1-3H3/t12-/m0/s1. The van der Waals surface area contributed by atoms with E-state index < -0.39 is 11.0 Å².